The highest BCUT2D eigenvalue weighted by molar-refractivity contribution is 5.66. The van der Waals surface area contributed by atoms with Crippen LogP contribution in [0.1, 0.15) is 59.7 Å². The van der Waals surface area contributed by atoms with E-state index in [-0.39, 0.29) is 1.43 Å². The number of imidazole rings is 1. The van der Waals surface area contributed by atoms with Gasteiger partial charge in [-0.2, -0.15) is 0 Å². The molecule has 1 aromatic carbocycles. The third-order valence-corrected chi connectivity index (χ3v) is 3.16. The molecule has 0 fully saturated rings. The van der Waals surface area contributed by atoms with E-state index in [0.29, 0.717) is 0 Å². The van der Waals surface area contributed by atoms with Crippen molar-refractivity contribution in [2.75, 3.05) is 0 Å². The number of aryl methyl sites for hydroxylation is 1. The van der Waals surface area contributed by atoms with Crippen LogP contribution in [0.15, 0.2) is 24.7 Å². The number of hydrogen-bond acceptors (Lipinski definition) is 1. The first-order valence-electron chi connectivity index (χ1n) is 7.88. The van der Waals surface area contributed by atoms with Crippen LogP contribution in [0.5, 0.6) is 0 Å². The number of benzene rings is 1. The van der Waals surface area contributed by atoms with Crippen molar-refractivity contribution in [3.63, 3.8) is 0 Å². The zero-order valence-electron chi connectivity index (χ0n) is 14.2. The predicted octanol–water partition coefficient (Wildman–Crippen LogP) is 5.81. The van der Waals surface area contributed by atoms with Crippen molar-refractivity contribution in [2.24, 2.45) is 0 Å². The zero-order chi connectivity index (χ0) is 15.5. The monoisotopic (exact) mass is 276 g/mol. The van der Waals surface area contributed by atoms with Gasteiger partial charge >= 0.3 is 0 Å². The Labute approximate surface area is 126 Å². The van der Waals surface area contributed by atoms with Gasteiger partial charge in [0.2, 0.25) is 0 Å². The highest BCUT2D eigenvalue weighted by Gasteiger charge is 2.10. The molecule has 2 nitrogen and oxygen atoms in total. The van der Waals surface area contributed by atoms with E-state index in [1.165, 1.54) is 22.3 Å². The Kier molecular flexibility index (Phi) is 9.44. The summed E-state index contributed by atoms with van der Waals surface area (Å²) in [6, 6.07) is 4.40. The predicted molar refractivity (Wildman–Crippen MR) is 92.3 cm³/mol. The fourth-order valence-electron chi connectivity index (χ4n) is 2.36. The van der Waals surface area contributed by atoms with E-state index >= 15 is 0 Å². The summed E-state index contributed by atoms with van der Waals surface area (Å²) in [5.74, 6) is 0. The molecule has 0 bridgehead atoms. The molecule has 2 aromatic rings. The summed E-state index contributed by atoms with van der Waals surface area (Å²) >= 11 is 0. The molecule has 0 saturated heterocycles. The lowest BCUT2D eigenvalue weighted by Crippen LogP contribution is -1.98. The Balaban J connectivity index is 0. The van der Waals surface area contributed by atoms with Gasteiger partial charge in [-0.25, -0.2) is 4.98 Å². The standard InChI is InChI=1S/C14H18N2.2C2H6.H2/c1-4-11-10(3)6-7-13(12(11)5-2)14-8-15-9-16-14;2*1-2;/h6-9H,4-5H2,1-3H3,(H,15,16);2*1-2H3;1H. The molecule has 0 saturated carbocycles. The van der Waals surface area contributed by atoms with E-state index < -0.39 is 0 Å². The van der Waals surface area contributed by atoms with Gasteiger partial charge in [-0.05, 0) is 36.5 Å². The van der Waals surface area contributed by atoms with E-state index in [2.05, 4.69) is 42.9 Å². The molecule has 0 atom stereocenters. The SMILES string of the molecule is CC.CC.CCc1c(C)ccc(-c2cnc[nH]2)c1CC.[HH]. The second kappa shape index (κ2) is 10.2. The van der Waals surface area contributed by atoms with Crippen LogP contribution in [-0.2, 0) is 12.8 Å². The van der Waals surface area contributed by atoms with Crippen molar-refractivity contribution in [2.45, 2.75) is 61.3 Å². The van der Waals surface area contributed by atoms with Gasteiger partial charge in [0.25, 0.3) is 0 Å². The number of nitrogens with zero attached hydrogens (tertiary/aromatic N) is 1. The van der Waals surface area contributed by atoms with Gasteiger partial charge in [0.05, 0.1) is 18.2 Å². The number of hydrogen-bond donors (Lipinski definition) is 1. The fraction of sp³-hybridized carbons (Fsp3) is 0.500. The highest BCUT2D eigenvalue weighted by Crippen LogP contribution is 2.27. The van der Waals surface area contributed by atoms with Crippen molar-refractivity contribution in [1.82, 2.24) is 9.97 Å². The van der Waals surface area contributed by atoms with E-state index in [0.717, 1.165) is 18.5 Å². The first-order chi connectivity index (χ1) is 9.77. The summed E-state index contributed by atoms with van der Waals surface area (Å²) in [6.07, 6.45) is 5.79. The Hall–Kier alpha value is -1.57. The van der Waals surface area contributed by atoms with Crippen LogP contribution in [-0.4, -0.2) is 9.97 Å². The van der Waals surface area contributed by atoms with Crippen molar-refractivity contribution < 1.29 is 1.43 Å². The van der Waals surface area contributed by atoms with Gasteiger partial charge in [-0.1, -0.05) is 53.7 Å². The molecule has 0 aliphatic rings. The molecule has 1 N–H and O–H groups in total. The molecule has 2 heteroatoms. The minimum absolute atomic E-state index is 0. The average molecular weight is 276 g/mol. The molecule has 0 aliphatic heterocycles. The highest BCUT2D eigenvalue weighted by atomic mass is 14.9. The van der Waals surface area contributed by atoms with E-state index in [4.69, 9.17) is 0 Å². The van der Waals surface area contributed by atoms with E-state index in [9.17, 15) is 0 Å². The maximum Gasteiger partial charge on any atom is 0.0924 e. The Morgan fingerprint density at radius 1 is 1.00 bits per heavy atom. The van der Waals surface area contributed by atoms with Gasteiger partial charge in [-0.3, -0.25) is 0 Å². The summed E-state index contributed by atoms with van der Waals surface area (Å²) < 4.78 is 0. The Morgan fingerprint density at radius 2 is 1.60 bits per heavy atom. The summed E-state index contributed by atoms with van der Waals surface area (Å²) in [6.45, 7) is 14.6. The number of aromatic amines is 1. The van der Waals surface area contributed by atoms with Crippen LogP contribution >= 0.6 is 0 Å². The first-order valence-corrected chi connectivity index (χ1v) is 7.88. The van der Waals surface area contributed by atoms with Crippen LogP contribution in [0.2, 0.25) is 0 Å². The molecule has 0 amide bonds. The normalized spacial score (nSPS) is 9.15. The fourth-order valence-corrected chi connectivity index (χ4v) is 2.36. The van der Waals surface area contributed by atoms with Crippen LogP contribution < -0.4 is 0 Å². The third-order valence-electron chi connectivity index (χ3n) is 3.16. The Bertz CT molecular complexity index is 476. The second-order valence-electron chi connectivity index (χ2n) is 4.06. The quantitative estimate of drug-likeness (QED) is 0.753. The van der Waals surface area contributed by atoms with Crippen molar-refractivity contribution >= 4 is 0 Å². The average Bonchev–Trinajstić information content (AvgIpc) is 3.05. The van der Waals surface area contributed by atoms with E-state index in [1.54, 1.807) is 6.33 Å². The lowest BCUT2D eigenvalue weighted by atomic mass is 9.92. The van der Waals surface area contributed by atoms with Crippen molar-refractivity contribution in [3.8, 4) is 11.3 Å². The third kappa shape index (κ3) is 4.22. The molecule has 0 spiro atoms. The number of H-pyrrole nitrogens is 1. The van der Waals surface area contributed by atoms with Crippen LogP contribution in [0, 0.1) is 6.92 Å². The van der Waals surface area contributed by atoms with Crippen LogP contribution in [0.4, 0.5) is 0 Å². The lowest BCUT2D eigenvalue weighted by molar-refractivity contribution is 1.02. The van der Waals surface area contributed by atoms with Gasteiger partial charge in [-0.15, -0.1) is 0 Å². The lowest BCUT2D eigenvalue weighted by Gasteiger charge is -2.14. The summed E-state index contributed by atoms with van der Waals surface area (Å²) in [5.41, 5.74) is 6.73. The minimum Gasteiger partial charge on any atom is -0.345 e. The van der Waals surface area contributed by atoms with Gasteiger partial charge in [0.15, 0.2) is 0 Å². The Morgan fingerprint density at radius 3 is 2.05 bits per heavy atom. The van der Waals surface area contributed by atoms with Gasteiger partial charge in [0.1, 0.15) is 0 Å². The molecule has 0 radical (unpaired) electrons. The van der Waals surface area contributed by atoms with Crippen molar-refractivity contribution in [1.29, 1.82) is 0 Å². The summed E-state index contributed by atoms with van der Waals surface area (Å²) in [7, 11) is 0. The molecular weight excluding hydrogens is 244 g/mol. The molecule has 2 rings (SSSR count). The smallest absolute Gasteiger partial charge is 0.0924 e. The number of rotatable bonds is 3. The largest absolute Gasteiger partial charge is 0.345 e. The first kappa shape index (κ1) is 18.4. The molecular formula is C18H32N2. The zero-order valence-corrected chi connectivity index (χ0v) is 14.2. The maximum absolute atomic E-state index is 4.10. The van der Waals surface area contributed by atoms with Crippen molar-refractivity contribution in [3.05, 3.63) is 41.3 Å². The topological polar surface area (TPSA) is 28.7 Å². The molecule has 1 aromatic heterocycles. The van der Waals surface area contributed by atoms with E-state index in [1.807, 2.05) is 33.9 Å². The summed E-state index contributed by atoms with van der Waals surface area (Å²) in [5, 5.41) is 0. The van der Waals surface area contributed by atoms with Gasteiger partial charge < -0.3 is 4.98 Å². The summed E-state index contributed by atoms with van der Waals surface area (Å²) in [4.78, 5) is 7.28. The molecule has 20 heavy (non-hydrogen) atoms. The molecule has 1 heterocycles. The van der Waals surface area contributed by atoms with Crippen LogP contribution in [0.25, 0.3) is 11.3 Å². The maximum atomic E-state index is 4.10. The molecule has 114 valence electrons. The van der Waals surface area contributed by atoms with Crippen LogP contribution in [0.3, 0.4) is 0 Å². The molecule has 0 aliphatic carbocycles. The van der Waals surface area contributed by atoms with Gasteiger partial charge in [0, 0.05) is 6.99 Å². The molecule has 0 unspecified atom stereocenters. The number of nitrogens with one attached hydrogen (secondary N) is 1. The minimum atomic E-state index is 0. The second-order valence-corrected chi connectivity index (χ2v) is 4.06. The number of aromatic nitrogens is 2.